The molecule has 0 aliphatic carbocycles. The highest BCUT2D eigenvalue weighted by molar-refractivity contribution is 6.33. The summed E-state index contributed by atoms with van der Waals surface area (Å²) in [5.74, 6) is -0.234. The summed E-state index contributed by atoms with van der Waals surface area (Å²) in [7, 11) is 1.42. The van der Waals surface area contributed by atoms with Gasteiger partial charge in [0.2, 0.25) is 0 Å². The van der Waals surface area contributed by atoms with E-state index in [1.807, 2.05) is 12.1 Å². The number of halogens is 3. The first-order valence-corrected chi connectivity index (χ1v) is 11.0. The SMILES string of the molecule is COc1cc(/C=C(\C#N)C(=O)Nc2ccc(Cl)c([N+](=O)[O-])c2)cc(Cl)c1OCc1ccccc1Cl. The molecule has 0 unspecified atom stereocenters. The summed E-state index contributed by atoms with van der Waals surface area (Å²) < 4.78 is 11.2. The third-order valence-electron chi connectivity index (χ3n) is 4.66. The molecule has 8 nitrogen and oxygen atoms in total. The Labute approximate surface area is 215 Å². The first-order valence-electron chi connectivity index (χ1n) is 9.84. The van der Waals surface area contributed by atoms with Crippen molar-refractivity contribution in [1.29, 1.82) is 5.26 Å². The van der Waals surface area contributed by atoms with Crippen molar-refractivity contribution in [2.24, 2.45) is 0 Å². The number of nitrogens with one attached hydrogen (secondary N) is 1. The number of methoxy groups -OCH3 is 1. The van der Waals surface area contributed by atoms with E-state index in [1.165, 1.54) is 31.4 Å². The van der Waals surface area contributed by atoms with Crippen LogP contribution in [0.4, 0.5) is 11.4 Å². The Kier molecular flexibility index (Phi) is 8.55. The van der Waals surface area contributed by atoms with E-state index in [0.717, 1.165) is 11.6 Å². The van der Waals surface area contributed by atoms with Crippen LogP contribution in [0.1, 0.15) is 11.1 Å². The zero-order chi connectivity index (χ0) is 25.5. The Bertz CT molecular complexity index is 1370. The molecular weight excluding hydrogens is 517 g/mol. The number of nitriles is 1. The van der Waals surface area contributed by atoms with Gasteiger partial charge in [0.25, 0.3) is 11.6 Å². The van der Waals surface area contributed by atoms with Gasteiger partial charge in [0.15, 0.2) is 11.5 Å². The van der Waals surface area contributed by atoms with E-state index in [4.69, 9.17) is 44.3 Å². The lowest BCUT2D eigenvalue weighted by Gasteiger charge is -2.14. The lowest BCUT2D eigenvalue weighted by atomic mass is 10.1. The Morgan fingerprint density at radius 1 is 1.11 bits per heavy atom. The summed E-state index contributed by atoms with van der Waals surface area (Å²) >= 11 is 18.3. The van der Waals surface area contributed by atoms with E-state index in [0.29, 0.717) is 10.6 Å². The Morgan fingerprint density at radius 2 is 1.86 bits per heavy atom. The number of hydrogen-bond donors (Lipinski definition) is 1. The molecule has 178 valence electrons. The predicted octanol–water partition coefficient (Wildman–Crippen LogP) is 6.69. The molecule has 1 N–H and O–H groups in total. The van der Waals surface area contributed by atoms with Crippen molar-refractivity contribution in [3.8, 4) is 17.6 Å². The molecule has 0 fully saturated rings. The number of anilines is 1. The van der Waals surface area contributed by atoms with Crippen LogP contribution in [0.25, 0.3) is 6.08 Å². The number of nitro groups is 1. The molecule has 0 aliphatic rings. The van der Waals surface area contributed by atoms with Crippen molar-refractivity contribution in [3.63, 3.8) is 0 Å². The third-order valence-corrected chi connectivity index (χ3v) is 5.63. The quantitative estimate of drug-likeness (QED) is 0.150. The van der Waals surface area contributed by atoms with E-state index < -0.39 is 10.8 Å². The van der Waals surface area contributed by atoms with Crippen molar-refractivity contribution in [2.45, 2.75) is 6.61 Å². The van der Waals surface area contributed by atoms with E-state index in [2.05, 4.69) is 5.32 Å². The molecule has 11 heteroatoms. The fourth-order valence-corrected chi connectivity index (χ4v) is 3.62. The number of nitro benzene ring substituents is 1. The minimum Gasteiger partial charge on any atom is -0.493 e. The smallest absolute Gasteiger partial charge is 0.289 e. The maximum Gasteiger partial charge on any atom is 0.289 e. The minimum absolute atomic E-state index is 0.0809. The summed E-state index contributed by atoms with van der Waals surface area (Å²) in [6, 6.07) is 15.8. The van der Waals surface area contributed by atoms with Gasteiger partial charge in [-0.05, 0) is 42.0 Å². The van der Waals surface area contributed by atoms with Gasteiger partial charge in [-0.25, -0.2) is 0 Å². The standard InChI is InChI=1S/C24H16Cl3N3O5/c1-34-22-10-14(9-20(27)23(22)35-13-15-4-2-3-5-18(15)25)8-16(12-28)24(31)29-17-6-7-19(26)21(11-17)30(32)33/h2-11H,13H2,1H3,(H,29,31)/b16-8+. The number of rotatable bonds is 8. The van der Waals surface area contributed by atoms with Gasteiger partial charge >= 0.3 is 0 Å². The molecule has 1 amide bonds. The summed E-state index contributed by atoms with van der Waals surface area (Å²) in [6.07, 6.45) is 1.30. The average Bonchev–Trinajstić information content (AvgIpc) is 2.83. The van der Waals surface area contributed by atoms with Crippen LogP contribution < -0.4 is 14.8 Å². The van der Waals surface area contributed by atoms with Crippen LogP contribution in [0.2, 0.25) is 15.1 Å². The highest BCUT2D eigenvalue weighted by Gasteiger charge is 2.17. The topological polar surface area (TPSA) is 114 Å². The molecular formula is C24H16Cl3N3O5. The van der Waals surface area contributed by atoms with Gasteiger partial charge in [-0.3, -0.25) is 14.9 Å². The van der Waals surface area contributed by atoms with Crippen molar-refractivity contribution in [3.05, 3.63) is 96.5 Å². The number of ether oxygens (including phenoxy) is 2. The molecule has 0 radical (unpaired) electrons. The van der Waals surface area contributed by atoms with Crippen molar-refractivity contribution < 1.29 is 19.2 Å². The maximum atomic E-state index is 12.6. The molecule has 0 spiro atoms. The normalized spacial score (nSPS) is 10.9. The molecule has 3 aromatic carbocycles. The lowest BCUT2D eigenvalue weighted by molar-refractivity contribution is -0.384. The fourth-order valence-electron chi connectivity index (χ4n) is 2.97. The van der Waals surface area contributed by atoms with Gasteiger partial charge in [-0.2, -0.15) is 5.26 Å². The van der Waals surface area contributed by atoms with Crippen molar-refractivity contribution >= 4 is 58.2 Å². The highest BCUT2D eigenvalue weighted by Crippen LogP contribution is 2.38. The Hall–Kier alpha value is -3.77. The summed E-state index contributed by atoms with van der Waals surface area (Å²) in [5, 5.41) is 23.6. The number of hydrogen-bond acceptors (Lipinski definition) is 6. The average molecular weight is 533 g/mol. The van der Waals surface area contributed by atoms with Crippen LogP contribution in [0.15, 0.2) is 60.2 Å². The van der Waals surface area contributed by atoms with Crippen LogP contribution in [-0.2, 0) is 11.4 Å². The third kappa shape index (κ3) is 6.43. The van der Waals surface area contributed by atoms with E-state index in [1.54, 1.807) is 24.3 Å². The van der Waals surface area contributed by atoms with Crippen LogP contribution in [-0.4, -0.2) is 17.9 Å². The highest BCUT2D eigenvalue weighted by atomic mass is 35.5. The van der Waals surface area contributed by atoms with E-state index >= 15 is 0 Å². The fraction of sp³-hybridized carbons (Fsp3) is 0.0833. The van der Waals surface area contributed by atoms with Crippen LogP contribution in [0.5, 0.6) is 11.5 Å². The Morgan fingerprint density at radius 3 is 2.51 bits per heavy atom. The summed E-state index contributed by atoms with van der Waals surface area (Å²) in [4.78, 5) is 23.0. The number of carbonyl (C=O) groups is 1. The summed E-state index contributed by atoms with van der Waals surface area (Å²) in [6.45, 7) is 0.143. The van der Waals surface area contributed by atoms with Crippen molar-refractivity contribution in [2.75, 3.05) is 12.4 Å². The van der Waals surface area contributed by atoms with Gasteiger partial charge < -0.3 is 14.8 Å². The first-order chi connectivity index (χ1) is 16.7. The molecule has 0 saturated heterocycles. The molecule has 0 aliphatic heterocycles. The predicted molar refractivity (Wildman–Crippen MR) is 134 cm³/mol. The molecule has 0 aromatic heterocycles. The van der Waals surface area contributed by atoms with E-state index in [9.17, 15) is 20.2 Å². The van der Waals surface area contributed by atoms with Gasteiger partial charge in [0.05, 0.1) is 17.1 Å². The second kappa shape index (κ2) is 11.6. The zero-order valence-corrected chi connectivity index (χ0v) is 20.3. The second-order valence-corrected chi connectivity index (χ2v) is 8.18. The Balaban J connectivity index is 1.84. The second-order valence-electron chi connectivity index (χ2n) is 6.96. The van der Waals surface area contributed by atoms with Crippen LogP contribution in [0, 0.1) is 21.4 Å². The largest absolute Gasteiger partial charge is 0.493 e. The van der Waals surface area contributed by atoms with Crippen LogP contribution in [0.3, 0.4) is 0 Å². The maximum absolute atomic E-state index is 12.6. The van der Waals surface area contributed by atoms with Crippen molar-refractivity contribution in [1.82, 2.24) is 0 Å². The lowest BCUT2D eigenvalue weighted by Crippen LogP contribution is -2.13. The molecule has 0 atom stereocenters. The van der Waals surface area contributed by atoms with Crippen LogP contribution >= 0.6 is 34.8 Å². The minimum atomic E-state index is -0.779. The molecule has 3 rings (SSSR count). The monoisotopic (exact) mass is 531 g/mol. The molecule has 0 bridgehead atoms. The number of benzene rings is 3. The summed E-state index contributed by atoms with van der Waals surface area (Å²) in [5.41, 5.74) is 0.598. The molecule has 3 aromatic rings. The van der Waals surface area contributed by atoms with Gasteiger partial charge in [0, 0.05) is 22.3 Å². The van der Waals surface area contributed by atoms with Gasteiger partial charge in [-0.15, -0.1) is 0 Å². The first kappa shape index (κ1) is 25.8. The molecule has 0 heterocycles. The zero-order valence-electron chi connectivity index (χ0n) is 18.1. The number of carbonyl (C=O) groups excluding carboxylic acids is 1. The number of amides is 1. The van der Waals surface area contributed by atoms with Gasteiger partial charge in [-0.1, -0.05) is 53.0 Å². The van der Waals surface area contributed by atoms with E-state index in [-0.39, 0.29) is 45.1 Å². The molecule has 35 heavy (non-hydrogen) atoms. The van der Waals surface area contributed by atoms with Gasteiger partial charge in [0.1, 0.15) is 23.3 Å². The number of nitrogens with zero attached hydrogens (tertiary/aromatic N) is 2. The molecule has 0 saturated carbocycles.